The van der Waals surface area contributed by atoms with Gasteiger partial charge in [-0.1, -0.05) is 38.4 Å². The molecule has 6 nitrogen and oxygen atoms in total. The first-order valence-electron chi connectivity index (χ1n) is 9.54. The number of hydrogen-bond acceptors (Lipinski definition) is 5. The Bertz CT molecular complexity index is 639. The fourth-order valence-corrected chi connectivity index (χ4v) is 3.61. The second kappa shape index (κ2) is 9.56. The van der Waals surface area contributed by atoms with Crippen molar-refractivity contribution in [3.63, 3.8) is 0 Å². The van der Waals surface area contributed by atoms with Crippen molar-refractivity contribution in [3.05, 3.63) is 29.0 Å². The summed E-state index contributed by atoms with van der Waals surface area (Å²) >= 11 is 5.94. The molecule has 0 fully saturated rings. The first-order chi connectivity index (χ1) is 12.7. The van der Waals surface area contributed by atoms with Crippen LogP contribution in [-0.2, 0) is 9.16 Å². The molecule has 8 heteroatoms. The topological polar surface area (TPSA) is 71.9 Å². The van der Waals surface area contributed by atoms with Crippen LogP contribution in [0.1, 0.15) is 53.2 Å². The molecule has 160 valence electrons. The van der Waals surface area contributed by atoms with Gasteiger partial charge in [0.15, 0.2) is 8.32 Å². The van der Waals surface area contributed by atoms with Gasteiger partial charge in [-0.3, -0.25) is 0 Å². The largest absolute Gasteiger partial charge is 0.444 e. The number of nitrogens with zero attached hydrogens (tertiary/aromatic N) is 2. The molecule has 1 atom stereocenters. The molecule has 0 spiro atoms. The number of carbonyl (C=O) groups is 1. The molecule has 1 unspecified atom stereocenters. The van der Waals surface area contributed by atoms with Crippen LogP contribution in [0.15, 0.2) is 18.3 Å². The molecule has 28 heavy (non-hydrogen) atoms. The SMILES string of the molecule is CC(C)(C)OC(=O)N(CCO)CC(O[Si](C)(C)C(C)(C)C)c1ccc(Cl)nc1. The van der Waals surface area contributed by atoms with E-state index in [4.69, 9.17) is 20.8 Å². The highest BCUT2D eigenvalue weighted by molar-refractivity contribution is 6.74. The molecule has 0 radical (unpaired) electrons. The molecular weight excluding hydrogens is 396 g/mol. The summed E-state index contributed by atoms with van der Waals surface area (Å²) in [5.74, 6) is 0. The summed E-state index contributed by atoms with van der Waals surface area (Å²) in [6, 6.07) is 3.57. The molecule has 0 aliphatic rings. The van der Waals surface area contributed by atoms with Gasteiger partial charge in [-0.2, -0.15) is 0 Å². The Morgan fingerprint density at radius 1 is 1.25 bits per heavy atom. The van der Waals surface area contributed by atoms with Crippen LogP contribution >= 0.6 is 11.6 Å². The minimum absolute atomic E-state index is 0.00116. The van der Waals surface area contributed by atoms with Crippen LogP contribution in [0.3, 0.4) is 0 Å². The van der Waals surface area contributed by atoms with E-state index in [0.717, 1.165) is 5.56 Å². The van der Waals surface area contributed by atoms with Gasteiger partial charge in [0, 0.05) is 12.7 Å². The predicted molar refractivity (Wildman–Crippen MR) is 115 cm³/mol. The molecule has 1 rings (SSSR count). The molecule has 0 aliphatic heterocycles. The molecule has 1 aromatic heterocycles. The lowest BCUT2D eigenvalue weighted by atomic mass is 10.1. The van der Waals surface area contributed by atoms with Gasteiger partial charge in [0.25, 0.3) is 0 Å². The van der Waals surface area contributed by atoms with E-state index in [2.05, 4.69) is 38.8 Å². The zero-order valence-corrected chi connectivity index (χ0v) is 20.1. The van der Waals surface area contributed by atoms with Crippen LogP contribution < -0.4 is 0 Å². The molecule has 0 bridgehead atoms. The Kier molecular flexibility index (Phi) is 8.50. The lowest BCUT2D eigenvalue weighted by Crippen LogP contribution is -2.46. The number of aromatic nitrogens is 1. The number of aliphatic hydroxyl groups excluding tert-OH is 1. The van der Waals surface area contributed by atoms with E-state index in [0.29, 0.717) is 5.15 Å². The van der Waals surface area contributed by atoms with Gasteiger partial charge < -0.3 is 19.2 Å². The van der Waals surface area contributed by atoms with Crippen molar-refractivity contribution in [2.24, 2.45) is 0 Å². The van der Waals surface area contributed by atoms with Crippen molar-refractivity contribution in [2.45, 2.75) is 71.4 Å². The third-order valence-corrected chi connectivity index (χ3v) is 9.48. The molecule has 0 aliphatic carbocycles. The Morgan fingerprint density at radius 3 is 2.29 bits per heavy atom. The summed E-state index contributed by atoms with van der Waals surface area (Å²) in [5.41, 5.74) is 0.211. The molecule has 0 aromatic carbocycles. The van der Waals surface area contributed by atoms with Crippen LogP contribution in [-0.4, -0.2) is 54.7 Å². The fourth-order valence-electron chi connectivity index (χ4n) is 2.23. The third kappa shape index (κ3) is 7.70. The zero-order valence-electron chi connectivity index (χ0n) is 18.4. The Labute approximate surface area is 175 Å². The normalized spacial score (nSPS) is 13.9. The lowest BCUT2D eigenvalue weighted by Gasteiger charge is -2.40. The van der Waals surface area contributed by atoms with Crippen LogP contribution in [0, 0.1) is 0 Å². The number of amides is 1. The molecule has 0 saturated heterocycles. The highest BCUT2D eigenvalue weighted by Crippen LogP contribution is 2.40. The van der Waals surface area contributed by atoms with Crippen LogP contribution in [0.4, 0.5) is 4.79 Å². The average Bonchev–Trinajstić information content (AvgIpc) is 2.51. The lowest BCUT2D eigenvalue weighted by molar-refractivity contribution is 0.0121. The van der Waals surface area contributed by atoms with E-state index in [1.165, 1.54) is 4.90 Å². The second-order valence-corrected chi connectivity index (χ2v) is 14.6. The van der Waals surface area contributed by atoms with Crippen LogP contribution in [0.5, 0.6) is 0 Å². The van der Waals surface area contributed by atoms with Gasteiger partial charge in [0.2, 0.25) is 0 Å². The average molecular weight is 431 g/mol. The molecular formula is C20H35ClN2O4Si. The van der Waals surface area contributed by atoms with Crippen LogP contribution in [0.2, 0.25) is 23.3 Å². The number of hydrogen-bond donors (Lipinski definition) is 1. The Hall–Kier alpha value is -1.15. The van der Waals surface area contributed by atoms with Crippen molar-refractivity contribution in [1.82, 2.24) is 9.88 Å². The highest BCUT2D eigenvalue weighted by Gasteiger charge is 2.40. The zero-order chi connectivity index (χ0) is 21.8. The summed E-state index contributed by atoms with van der Waals surface area (Å²) in [5, 5.41) is 9.85. The Balaban J connectivity index is 3.18. The number of carbonyl (C=O) groups excluding carboxylic acids is 1. The summed E-state index contributed by atoms with van der Waals surface area (Å²) in [7, 11) is -2.14. The van der Waals surface area contributed by atoms with Crippen LogP contribution in [0.25, 0.3) is 0 Å². The minimum atomic E-state index is -2.14. The Morgan fingerprint density at radius 2 is 1.86 bits per heavy atom. The first kappa shape index (κ1) is 24.9. The molecule has 1 aromatic rings. The quantitative estimate of drug-likeness (QED) is 0.485. The van der Waals surface area contributed by atoms with E-state index in [9.17, 15) is 9.90 Å². The first-order valence-corrected chi connectivity index (χ1v) is 12.8. The van der Waals surface area contributed by atoms with Gasteiger partial charge in [-0.25, -0.2) is 9.78 Å². The van der Waals surface area contributed by atoms with Gasteiger partial charge in [0.1, 0.15) is 10.8 Å². The van der Waals surface area contributed by atoms with Crippen molar-refractivity contribution in [1.29, 1.82) is 0 Å². The monoisotopic (exact) mass is 430 g/mol. The highest BCUT2D eigenvalue weighted by atomic mass is 35.5. The maximum absolute atomic E-state index is 12.6. The standard InChI is InChI=1S/C20H35ClN2O4Si/c1-19(2,3)26-18(25)23(11-12-24)14-16(15-9-10-17(21)22-13-15)27-28(7,8)20(4,5)6/h9-10,13,16,24H,11-12,14H2,1-8H3. The van der Waals surface area contributed by atoms with Gasteiger partial charge in [-0.05, 0) is 50.5 Å². The number of ether oxygens (including phenoxy) is 1. The second-order valence-electron chi connectivity index (χ2n) is 9.43. The van der Waals surface area contributed by atoms with E-state index in [1.54, 1.807) is 12.3 Å². The van der Waals surface area contributed by atoms with E-state index >= 15 is 0 Å². The number of aliphatic hydroxyl groups is 1. The van der Waals surface area contributed by atoms with Gasteiger partial charge >= 0.3 is 6.09 Å². The van der Waals surface area contributed by atoms with E-state index in [-0.39, 0.29) is 24.7 Å². The van der Waals surface area contributed by atoms with Crippen molar-refractivity contribution in [2.75, 3.05) is 19.7 Å². The summed E-state index contributed by atoms with van der Waals surface area (Å²) in [6.45, 7) is 16.5. The molecule has 0 saturated carbocycles. The van der Waals surface area contributed by atoms with Crippen molar-refractivity contribution < 1.29 is 19.1 Å². The molecule has 1 N–H and O–H groups in total. The smallest absolute Gasteiger partial charge is 0.410 e. The number of pyridine rings is 1. The fraction of sp³-hybridized carbons (Fsp3) is 0.700. The van der Waals surface area contributed by atoms with E-state index < -0.39 is 26.1 Å². The van der Waals surface area contributed by atoms with E-state index in [1.807, 2.05) is 26.8 Å². The molecule has 1 amide bonds. The van der Waals surface area contributed by atoms with Gasteiger partial charge in [-0.15, -0.1) is 0 Å². The predicted octanol–water partition coefficient (Wildman–Crippen LogP) is 5.03. The maximum Gasteiger partial charge on any atom is 0.410 e. The number of rotatable bonds is 7. The minimum Gasteiger partial charge on any atom is -0.444 e. The number of halogens is 1. The summed E-state index contributed by atoms with van der Waals surface area (Å²) in [4.78, 5) is 18.3. The van der Waals surface area contributed by atoms with Gasteiger partial charge in [0.05, 0.1) is 19.3 Å². The maximum atomic E-state index is 12.6. The van der Waals surface area contributed by atoms with Crippen molar-refractivity contribution in [3.8, 4) is 0 Å². The van der Waals surface area contributed by atoms with Crippen molar-refractivity contribution >= 4 is 26.0 Å². The summed E-state index contributed by atoms with van der Waals surface area (Å²) < 4.78 is 12.1. The summed E-state index contributed by atoms with van der Waals surface area (Å²) in [6.07, 6.45) is 0.795. The third-order valence-electron chi connectivity index (χ3n) is 4.77. The molecule has 1 heterocycles.